The lowest BCUT2D eigenvalue weighted by Gasteiger charge is -2.09. The number of ether oxygens (including phenoxy) is 1. The van der Waals surface area contributed by atoms with Crippen molar-refractivity contribution in [3.05, 3.63) is 57.3 Å². The molecule has 23 heavy (non-hydrogen) atoms. The molecule has 0 spiro atoms. The van der Waals surface area contributed by atoms with E-state index in [0.29, 0.717) is 5.75 Å². The van der Waals surface area contributed by atoms with Gasteiger partial charge in [0.15, 0.2) is 6.61 Å². The minimum absolute atomic E-state index is 0.0594. The van der Waals surface area contributed by atoms with Gasteiger partial charge in [0.2, 0.25) is 0 Å². The Morgan fingerprint density at radius 1 is 1.35 bits per heavy atom. The number of rotatable bonds is 5. The molecule has 0 fully saturated rings. The number of aromatic nitrogens is 2. The molecule has 1 aromatic heterocycles. The summed E-state index contributed by atoms with van der Waals surface area (Å²) in [7, 11) is 0. The van der Waals surface area contributed by atoms with Crippen LogP contribution < -0.4 is 4.74 Å². The Kier molecular flexibility index (Phi) is 5.42. The fourth-order valence-corrected chi connectivity index (χ4v) is 3.01. The maximum Gasteiger partial charge on any atom is 0.284 e. The van der Waals surface area contributed by atoms with Crippen LogP contribution in [0.4, 0.5) is 0 Å². The standard InChI is InChI=1S/C18H21BrN2O2/c1-11(2)8-15-13(4)20-21(14(15)5)18(22)10-23-17-7-6-12(3)9-16(17)19/h6-7,9H,1,8,10H2,2-5H3. The lowest BCUT2D eigenvalue weighted by molar-refractivity contribution is 0.0817. The normalized spacial score (nSPS) is 10.7. The van der Waals surface area contributed by atoms with Gasteiger partial charge in [-0.3, -0.25) is 4.79 Å². The molecular formula is C18H21BrN2O2. The van der Waals surface area contributed by atoms with Crippen molar-refractivity contribution in [2.45, 2.75) is 34.1 Å². The van der Waals surface area contributed by atoms with Crippen molar-refractivity contribution in [2.75, 3.05) is 6.61 Å². The van der Waals surface area contributed by atoms with E-state index in [0.717, 1.165) is 39.0 Å². The first-order valence-electron chi connectivity index (χ1n) is 7.41. The molecule has 1 aromatic carbocycles. The third-order valence-corrected chi connectivity index (χ3v) is 4.21. The smallest absolute Gasteiger partial charge is 0.284 e. The summed E-state index contributed by atoms with van der Waals surface area (Å²) in [5.41, 5.74) is 4.93. The molecule has 122 valence electrons. The molecule has 5 heteroatoms. The number of halogens is 1. The van der Waals surface area contributed by atoms with E-state index in [1.807, 2.05) is 45.9 Å². The van der Waals surface area contributed by atoms with Crippen LogP contribution in [0.1, 0.15) is 34.2 Å². The summed E-state index contributed by atoms with van der Waals surface area (Å²) in [5, 5.41) is 4.35. The average Bonchev–Trinajstić information content (AvgIpc) is 2.74. The van der Waals surface area contributed by atoms with Crippen LogP contribution in [0, 0.1) is 20.8 Å². The molecule has 0 radical (unpaired) electrons. The van der Waals surface area contributed by atoms with E-state index in [9.17, 15) is 4.79 Å². The van der Waals surface area contributed by atoms with E-state index in [1.165, 1.54) is 4.68 Å². The number of hydrogen-bond donors (Lipinski definition) is 0. The molecule has 4 nitrogen and oxygen atoms in total. The summed E-state index contributed by atoms with van der Waals surface area (Å²) in [6.45, 7) is 11.6. The van der Waals surface area contributed by atoms with Crippen LogP contribution in [0.2, 0.25) is 0 Å². The van der Waals surface area contributed by atoms with Crippen LogP contribution in [0.25, 0.3) is 0 Å². The molecule has 0 aliphatic carbocycles. The number of allylic oxidation sites excluding steroid dienone is 1. The zero-order valence-electron chi connectivity index (χ0n) is 13.9. The first-order valence-corrected chi connectivity index (χ1v) is 8.20. The topological polar surface area (TPSA) is 44.1 Å². The maximum atomic E-state index is 12.4. The summed E-state index contributed by atoms with van der Waals surface area (Å²) >= 11 is 3.44. The van der Waals surface area contributed by atoms with Gasteiger partial charge < -0.3 is 4.74 Å². The molecule has 0 unspecified atom stereocenters. The number of hydrogen-bond acceptors (Lipinski definition) is 3. The Morgan fingerprint density at radius 2 is 2.04 bits per heavy atom. The monoisotopic (exact) mass is 376 g/mol. The summed E-state index contributed by atoms with van der Waals surface area (Å²) in [6, 6.07) is 5.74. The number of nitrogens with zero attached hydrogens (tertiary/aromatic N) is 2. The van der Waals surface area contributed by atoms with E-state index in [1.54, 1.807) is 0 Å². The molecule has 2 rings (SSSR count). The zero-order valence-corrected chi connectivity index (χ0v) is 15.5. The van der Waals surface area contributed by atoms with Gasteiger partial charge in [0.05, 0.1) is 10.2 Å². The van der Waals surface area contributed by atoms with Gasteiger partial charge in [0.25, 0.3) is 5.91 Å². The highest BCUT2D eigenvalue weighted by atomic mass is 79.9. The van der Waals surface area contributed by atoms with E-state index in [4.69, 9.17) is 4.74 Å². The molecule has 0 amide bonds. The summed E-state index contributed by atoms with van der Waals surface area (Å²) < 4.78 is 7.88. The van der Waals surface area contributed by atoms with Crippen LogP contribution in [0.15, 0.2) is 34.8 Å². The van der Waals surface area contributed by atoms with Crippen molar-refractivity contribution in [1.29, 1.82) is 0 Å². The molecule has 0 atom stereocenters. The predicted molar refractivity (Wildman–Crippen MR) is 95.2 cm³/mol. The number of benzene rings is 1. The van der Waals surface area contributed by atoms with Crippen molar-refractivity contribution in [3.63, 3.8) is 0 Å². The first kappa shape index (κ1) is 17.5. The fraction of sp³-hybridized carbons (Fsp3) is 0.333. The molecule has 0 aliphatic rings. The number of aryl methyl sites for hydroxylation is 2. The third kappa shape index (κ3) is 4.10. The van der Waals surface area contributed by atoms with Gasteiger partial charge in [-0.2, -0.15) is 5.10 Å². The molecule has 0 aliphatic heterocycles. The number of carbonyl (C=O) groups excluding carboxylic acids is 1. The van der Waals surface area contributed by atoms with Crippen LogP contribution in [0.3, 0.4) is 0 Å². The number of carbonyl (C=O) groups is 1. The highest BCUT2D eigenvalue weighted by Gasteiger charge is 2.17. The lowest BCUT2D eigenvalue weighted by atomic mass is 10.1. The maximum absolute atomic E-state index is 12.4. The van der Waals surface area contributed by atoms with Crippen LogP contribution in [-0.2, 0) is 6.42 Å². The molecule has 0 N–H and O–H groups in total. The molecule has 0 bridgehead atoms. The van der Waals surface area contributed by atoms with Crippen molar-refractivity contribution >= 4 is 21.8 Å². The van der Waals surface area contributed by atoms with E-state index >= 15 is 0 Å². The Morgan fingerprint density at radius 3 is 2.65 bits per heavy atom. The molecule has 0 saturated heterocycles. The van der Waals surface area contributed by atoms with Crippen molar-refractivity contribution in [3.8, 4) is 5.75 Å². The molecular weight excluding hydrogens is 356 g/mol. The average molecular weight is 377 g/mol. The second-order valence-corrected chi connectivity index (χ2v) is 6.67. The quantitative estimate of drug-likeness (QED) is 0.725. The molecule has 0 saturated carbocycles. The second kappa shape index (κ2) is 7.13. The first-order chi connectivity index (χ1) is 10.8. The lowest BCUT2D eigenvalue weighted by Crippen LogP contribution is -2.22. The van der Waals surface area contributed by atoms with Gasteiger partial charge in [0, 0.05) is 11.3 Å². The third-order valence-electron chi connectivity index (χ3n) is 3.59. The second-order valence-electron chi connectivity index (χ2n) is 5.81. The largest absolute Gasteiger partial charge is 0.483 e. The summed E-state index contributed by atoms with van der Waals surface area (Å²) in [6.07, 6.45) is 0.731. The fourth-order valence-electron chi connectivity index (χ4n) is 2.40. The Hall–Kier alpha value is -1.88. The van der Waals surface area contributed by atoms with Gasteiger partial charge in [-0.25, -0.2) is 4.68 Å². The van der Waals surface area contributed by atoms with Gasteiger partial charge in [-0.05, 0) is 67.7 Å². The minimum Gasteiger partial charge on any atom is -0.483 e. The summed E-state index contributed by atoms with van der Waals surface area (Å²) in [4.78, 5) is 12.4. The van der Waals surface area contributed by atoms with E-state index < -0.39 is 0 Å². The Balaban J connectivity index is 2.13. The van der Waals surface area contributed by atoms with Crippen LogP contribution in [-0.4, -0.2) is 22.3 Å². The Labute approximate surface area is 145 Å². The highest BCUT2D eigenvalue weighted by molar-refractivity contribution is 9.10. The highest BCUT2D eigenvalue weighted by Crippen LogP contribution is 2.25. The van der Waals surface area contributed by atoms with Crippen LogP contribution in [0.5, 0.6) is 5.75 Å². The van der Waals surface area contributed by atoms with Gasteiger partial charge in [-0.1, -0.05) is 18.2 Å². The van der Waals surface area contributed by atoms with Gasteiger partial charge in [-0.15, -0.1) is 0 Å². The minimum atomic E-state index is -0.189. The zero-order chi connectivity index (χ0) is 17.1. The van der Waals surface area contributed by atoms with Gasteiger partial charge >= 0.3 is 0 Å². The SMILES string of the molecule is C=C(C)Cc1c(C)nn(C(=O)COc2ccc(C)cc2Br)c1C. The van der Waals surface area contributed by atoms with Crippen molar-refractivity contribution in [1.82, 2.24) is 9.78 Å². The van der Waals surface area contributed by atoms with Crippen molar-refractivity contribution in [2.24, 2.45) is 0 Å². The predicted octanol–water partition coefficient (Wildman–Crippen LogP) is 4.41. The van der Waals surface area contributed by atoms with E-state index in [2.05, 4.69) is 27.6 Å². The molecule has 2 aromatic rings. The van der Waals surface area contributed by atoms with E-state index in [-0.39, 0.29) is 12.5 Å². The summed E-state index contributed by atoms with van der Waals surface area (Å²) in [5.74, 6) is 0.457. The van der Waals surface area contributed by atoms with Crippen LogP contribution >= 0.6 is 15.9 Å². The van der Waals surface area contributed by atoms with Gasteiger partial charge in [0.1, 0.15) is 5.75 Å². The Bertz CT molecular complexity index is 763. The van der Waals surface area contributed by atoms with Crippen molar-refractivity contribution < 1.29 is 9.53 Å². The molecule has 1 heterocycles.